The number of imidazole rings is 1. The summed E-state index contributed by atoms with van der Waals surface area (Å²) in [6.45, 7) is 1.75. The first-order valence-corrected chi connectivity index (χ1v) is 8.40. The Morgan fingerprint density at radius 1 is 1.07 bits per heavy atom. The molecule has 0 fully saturated rings. The molecule has 1 heterocycles. The van der Waals surface area contributed by atoms with Crippen molar-refractivity contribution in [3.8, 4) is 5.69 Å². The Hall–Kier alpha value is -3.61. The maximum absolute atomic E-state index is 12.2. The Bertz CT molecular complexity index is 988. The standard InChI is InChI=1S/C20H19N3O4/c1-14-11-22-20(26)23(14)17-9-7-16(8-10-17)19(25)21-12-18(24)27-13-15-5-3-2-4-6-15/h2-11H,12-13H2,1H3,(H,21,25)(H,22,26). The van der Waals surface area contributed by atoms with E-state index in [4.69, 9.17) is 4.74 Å². The van der Waals surface area contributed by atoms with Gasteiger partial charge in [-0.2, -0.15) is 0 Å². The van der Waals surface area contributed by atoms with Gasteiger partial charge in [-0.25, -0.2) is 4.79 Å². The van der Waals surface area contributed by atoms with Crippen LogP contribution in [0.1, 0.15) is 21.6 Å². The molecule has 138 valence electrons. The van der Waals surface area contributed by atoms with Crippen LogP contribution in [0.5, 0.6) is 0 Å². The molecule has 0 saturated heterocycles. The van der Waals surface area contributed by atoms with Gasteiger partial charge in [0.1, 0.15) is 13.2 Å². The van der Waals surface area contributed by atoms with Gasteiger partial charge in [-0.1, -0.05) is 30.3 Å². The molecule has 3 rings (SSSR count). The molecule has 0 aliphatic rings. The van der Waals surface area contributed by atoms with Crippen LogP contribution in [-0.4, -0.2) is 28.0 Å². The van der Waals surface area contributed by atoms with E-state index in [1.807, 2.05) is 30.3 Å². The van der Waals surface area contributed by atoms with Crippen LogP contribution in [0.15, 0.2) is 65.6 Å². The third-order valence-electron chi connectivity index (χ3n) is 3.98. The number of nitrogens with zero attached hydrogens (tertiary/aromatic N) is 1. The molecular weight excluding hydrogens is 346 g/mol. The predicted octanol–water partition coefficient (Wildman–Crippen LogP) is 1.95. The molecule has 0 bridgehead atoms. The van der Waals surface area contributed by atoms with Gasteiger partial charge in [-0.3, -0.25) is 14.2 Å². The van der Waals surface area contributed by atoms with Crippen molar-refractivity contribution in [1.82, 2.24) is 14.9 Å². The third-order valence-corrected chi connectivity index (χ3v) is 3.98. The predicted molar refractivity (Wildman–Crippen MR) is 99.7 cm³/mol. The number of nitrogens with one attached hydrogen (secondary N) is 2. The van der Waals surface area contributed by atoms with E-state index in [2.05, 4.69) is 10.3 Å². The number of aryl methyl sites for hydroxylation is 1. The number of rotatable bonds is 6. The lowest BCUT2D eigenvalue weighted by Crippen LogP contribution is -2.30. The number of ether oxygens (including phenoxy) is 1. The zero-order valence-corrected chi connectivity index (χ0v) is 14.8. The van der Waals surface area contributed by atoms with Crippen LogP contribution in [0, 0.1) is 6.92 Å². The van der Waals surface area contributed by atoms with Crippen molar-refractivity contribution in [3.63, 3.8) is 0 Å². The summed E-state index contributed by atoms with van der Waals surface area (Å²) in [6, 6.07) is 15.8. The Balaban J connectivity index is 1.54. The summed E-state index contributed by atoms with van der Waals surface area (Å²) in [5, 5.41) is 2.52. The number of aromatic amines is 1. The van der Waals surface area contributed by atoms with E-state index >= 15 is 0 Å². The van der Waals surface area contributed by atoms with Crippen molar-refractivity contribution in [2.75, 3.05) is 6.54 Å². The molecule has 0 unspecified atom stereocenters. The summed E-state index contributed by atoms with van der Waals surface area (Å²) >= 11 is 0. The van der Waals surface area contributed by atoms with Gasteiger partial charge >= 0.3 is 11.7 Å². The minimum atomic E-state index is -0.515. The maximum atomic E-state index is 12.2. The topological polar surface area (TPSA) is 93.2 Å². The fraction of sp³-hybridized carbons (Fsp3) is 0.150. The van der Waals surface area contributed by atoms with Crippen LogP contribution >= 0.6 is 0 Å². The number of carbonyl (C=O) groups excluding carboxylic acids is 2. The lowest BCUT2D eigenvalue weighted by atomic mass is 10.2. The molecule has 2 N–H and O–H groups in total. The van der Waals surface area contributed by atoms with E-state index in [-0.39, 0.29) is 18.8 Å². The summed E-state index contributed by atoms with van der Waals surface area (Å²) in [6.07, 6.45) is 1.62. The molecule has 7 heteroatoms. The molecular formula is C20H19N3O4. The van der Waals surface area contributed by atoms with Crippen molar-refractivity contribution in [2.24, 2.45) is 0 Å². The number of hydrogen-bond donors (Lipinski definition) is 2. The highest BCUT2D eigenvalue weighted by molar-refractivity contribution is 5.96. The fourth-order valence-electron chi connectivity index (χ4n) is 2.58. The average Bonchev–Trinajstić information content (AvgIpc) is 3.03. The summed E-state index contributed by atoms with van der Waals surface area (Å²) in [5.74, 6) is -0.908. The summed E-state index contributed by atoms with van der Waals surface area (Å²) < 4.78 is 6.62. The number of H-pyrrole nitrogens is 1. The Morgan fingerprint density at radius 3 is 2.41 bits per heavy atom. The Kier molecular flexibility index (Phi) is 5.51. The average molecular weight is 365 g/mol. The van der Waals surface area contributed by atoms with Gasteiger partial charge < -0.3 is 15.0 Å². The summed E-state index contributed by atoms with van der Waals surface area (Å²) in [7, 11) is 0. The first kappa shape index (κ1) is 18.2. The largest absolute Gasteiger partial charge is 0.460 e. The van der Waals surface area contributed by atoms with Gasteiger partial charge in [0, 0.05) is 17.5 Å². The van der Waals surface area contributed by atoms with E-state index in [1.165, 1.54) is 4.57 Å². The normalized spacial score (nSPS) is 10.4. The monoisotopic (exact) mass is 365 g/mol. The smallest absolute Gasteiger partial charge is 0.330 e. The molecule has 0 aliphatic heterocycles. The van der Waals surface area contributed by atoms with Crippen LogP contribution in [-0.2, 0) is 16.1 Å². The lowest BCUT2D eigenvalue weighted by Gasteiger charge is -2.08. The Labute approximate surface area is 155 Å². The zero-order chi connectivity index (χ0) is 19.2. The third kappa shape index (κ3) is 4.52. The molecule has 3 aromatic rings. The number of hydrogen-bond acceptors (Lipinski definition) is 4. The van der Waals surface area contributed by atoms with Gasteiger partial charge in [-0.15, -0.1) is 0 Å². The van der Waals surface area contributed by atoms with E-state index in [0.717, 1.165) is 11.3 Å². The highest BCUT2D eigenvalue weighted by Gasteiger charge is 2.10. The van der Waals surface area contributed by atoms with Crippen LogP contribution in [0.4, 0.5) is 0 Å². The quantitative estimate of drug-likeness (QED) is 0.653. The van der Waals surface area contributed by atoms with Gasteiger partial charge in [0.05, 0.1) is 5.69 Å². The molecule has 0 saturated carbocycles. The minimum Gasteiger partial charge on any atom is -0.460 e. The van der Waals surface area contributed by atoms with Crippen molar-refractivity contribution >= 4 is 11.9 Å². The Morgan fingerprint density at radius 2 is 1.78 bits per heavy atom. The SMILES string of the molecule is Cc1c[nH]c(=O)n1-c1ccc(C(=O)NCC(=O)OCc2ccccc2)cc1. The van der Waals surface area contributed by atoms with Crippen molar-refractivity contribution in [3.05, 3.63) is 88.1 Å². The number of aromatic nitrogens is 2. The summed E-state index contributed by atoms with van der Waals surface area (Å²) in [5.41, 5.74) is 2.43. The van der Waals surface area contributed by atoms with Gasteiger partial charge in [0.2, 0.25) is 0 Å². The lowest BCUT2D eigenvalue weighted by molar-refractivity contribution is -0.143. The van der Waals surface area contributed by atoms with Crippen LogP contribution in [0.25, 0.3) is 5.69 Å². The highest BCUT2D eigenvalue weighted by Crippen LogP contribution is 2.10. The molecule has 0 aliphatic carbocycles. The fourth-order valence-corrected chi connectivity index (χ4v) is 2.58. The maximum Gasteiger partial charge on any atom is 0.330 e. The molecule has 0 atom stereocenters. The first-order valence-electron chi connectivity index (χ1n) is 8.40. The van der Waals surface area contributed by atoms with Gasteiger partial charge in [0.25, 0.3) is 5.91 Å². The molecule has 27 heavy (non-hydrogen) atoms. The van der Waals surface area contributed by atoms with Gasteiger partial charge in [-0.05, 0) is 36.8 Å². The first-order chi connectivity index (χ1) is 13.0. The zero-order valence-electron chi connectivity index (χ0n) is 14.8. The van der Waals surface area contributed by atoms with E-state index < -0.39 is 11.9 Å². The van der Waals surface area contributed by atoms with Crippen molar-refractivity contribution in [1.29, 1.82) is 0 Å². The number of esters is 1. The molecule has 1 amide bonds. The van der Waals surface area contributed by atoms with E-state index in [0.29, 0.717) is 11.3 Å². The molecule has 0 radical (unpaired) electrons. The van der Waals surface area contributed by atoms with Crippen molar-refractivity contribution in [2.45, 2.75) is 13.5 Å². The second-order valence-corrected chi connectivity index (χ2v) is 5.95. The van der Waals surface area contributed by atoms with E-state index in [1.54, 1.807) is 37.4 Å². The molecule has 2 aromatic carbocycles. The van der Waals surface area contributed by atoms with Crippen molar-refractivity contribution < 1.29 is 14.3 Å². The molecule has 7 nitrogen and oxygen atoms in total. The molecule has 0 spiro atoms. The second-order valence-electron chi connectivity index (χ2n) is 5.95. The van der Waals surface area contributed by atoms with Crippen LogP contribution in [0.3, 0.4) is 0 Å². The van der Waals surface area contributed by atoms with Gasteiger partial charge in [0.15, 0.2) is 0 Å². The highest BCUT2D eigenvalue weighted by atomic mass is 16.5. The minimum absolute atomic E-state index is 0.162. The second kappa shape index (κ2) is 8.18. The van der Waals surface area contributed by atoms with E-state index in [9.17, 15) is 14.4 Å². The number of amides is 1. The molecule has 1 aromatic heterocycles. The summed E-state index contributed by atoms with van der Waals surface area (Å²) in [4.78, 5) is 38.3. The number of carbonyl (C=O) groups is 2. The number of benzene rings is 2. The van der Waals surface area contributed by atoms with Crippen LogP contribution in [0.2, 0.25) is 0 Å². The van der Waals surface area contributed by atoms with Crippen LogP contribution < -0.4 is 11.0 Å².